The molecule has 0 aliphatic carbocycles. The van der Waals surface area contributed by atoms with Gasteiger partial charge in [0.1, 0.15) is 5.69 Å². The SMILES string of the molecule is CC(C)n1cc(N)cc1C(=O)N1[C@H](C)CCC[C@@H]1C. The van der Waals surface area contributed by atoms with Crippen molar-refractivity contribution < 1.29 is 4.79 Å². The third-order valence-electron chi connectivity index (χ3n) is 4.07. The van der Waals surface area contributed by atoms with Crippen LogP contribution in [0.5, 0.6) is 0 Å². The molecule has 19 heavy (non-hydrogen) atoms. The van der Waals surface area contributed by atoms with Gasteiger partial charge in [0.25, 0.3) is 5.91 Å². The predicted molar refractivity (Wildman–Crippen MR) is 78.2 cm³/mol. The summed E-state index contributed by atoms with van der Waals surface area (Å²) in [6.07, 6.45) is 5.25. The Morgan fingerprint density at radius 3 is 2.42 bits per heavy atom. The van der Waals surface area contributed by atoms with E-state index in [-0.39, 0.29) is 11.9 Å². The van der Waals surface area contributed by atoms with Crippen LogP contribution in [0.15, 0.2) is 12.3 Å². The second-order valence-electron chi connectivity index (χ2n) is 6.00. The number of hydrogen-bond donors (Lipinski definition) is 1. The van der Waals surface area contributed by atoms with E-state index in [1.165, 1.54) is 6.42 Å². The summed E-state index contributed by atoms with van der Waals surface area (Å²) in [7, 11) is 0. The van der Waals surface area contributed by atoms with Gasteiger partial charge >= 0.3 is 0 Å². The Kier molecular flexibility index (Phi) is 3.88. The highest BCUT2D eigenvalue weighted by Crippen LogP contribution is 2.26. The molecule has 1 aromatic rings. The van der Waals surface area contributed by atoms with Crippen LogP contribution < -0.4 is 5.73 Å². The van der Waals surface area contributed by atoms with Crippen LogP contribution in [0.4, 0.5) is 5.69 Å². The maximum absolute atomic E-state index is 12.8. The van der Waals surface area contributed by atoms with Gasteiger partial charge in [-0.25, -0.2) is 0 Å². The number of rotatable bonds is 2. The third-order valence-corrected chi connectivity index (χ3v) is 4.07. The molecule has 0 aromatic carbocycles. The van der Waals surface area contributed by atoms with Crippen LogP contribution in [-0.2, 0) is 0 Å². The fourth-order valence-electron chi connectivity index (χ4n) is 3.05. The van der Waals surface area contributed by atoms with Crippen molar-refractivity contribution >= 4 is 11.6 Å². The van der Waals surface area contributed by atoms with Gasteiger partial charge in [-0.2, -0.15) is 0 Å². The summed E-state index contributed by atoms with van der Waals surface area (Å²) >= 11 is 0. The van der Waals surface area contributed by atoms with Gasteiger partial charge in [-0.1, -0.05) is 0 Å². The van der Waals surface area contributed by atoms with E-state index in [2.05, 4.69) is 27.7 Å². The van der Waals surface area contributed by atoms with Crippen molar-refractivity contribution in [2.24, 2.45) is 0 Å². The Balaban J connectivity index is 2.33. The van der Waals surface area contributed by atoms with E-state index in [9.17, 15) is 4.79 Å². The third kappa shape index (κ3) is 2.62. The van der Waals surface area contributed by atoms with Crippen molar-refractivity contribution in [2.75, 3.05) is 5.73 Å². The minimum Gasteiger partial charge on any atom is -0.397 e. The molecule has 1 aromatic heterocycles. The molecule has 0 radical (unpaired) electrons. The Labute approximate surface area is 115 Å². The Hall–Kier alpha value is -1.45. The molecule has 0 saturated carbocycles. The number of aromatic nitrogens is 1. The lowest BCUT2D eigenvalue weighted by Crippen LogP contribution is -2.48. The quantitative estimate of drug-likeness (QED) is 0.891. The summed E-state index contributed by atoms with van der Waals surface area (Å²) in [5, 5.41) is 0. The van der Waals surface area contributed by atoms with Crippen LogP contribution in [0.25, 0.3) is 0 Å². The number of carbonyl (C=O) groups excluding carboxylic acids is 1. The molecule has 1 saturated heterocycles. The standard InChI is InChI=1S/C15H25N3O/c1-10(2)17-9-13(16)8-14(17)15(19)18-11(3)6-5-7-12(18)4/h8-12H,5-7,16H2,1-4H3/t11-,12+. The second kappa shape index (κ2) is 5.27. The van der Waals surface area contributed by atoms with Crippen molar-refractivity contribution in [3.05, 3.63) is 18.0 Å². The predicted octanol–water partition coefficient (Wildman–Crippen LogP) is 3.05. The number of amides is 1. The normalized spacial score (nSPS) is 23.9. The zero-order valence-electron chi connectivity index (χ0n) is 12.4. The molecule has 2 heterocycles. The van der Waals surface area contributed by atoms with Gasteiger partial charge in [0.2, 0.25) is 0 Å². The van der Waals surface area contributed by atoms with Crippen LogP contribution in [0.2, 0.25) is 0 Å². The molecule has 2 N–H and O–H groups in total. The Morgan fingerprint density at radius 1 is 1.32 bits per heavy atom. The molecule has 2 atom stereocenters. The monoisotopic (exact) mass is 263 g/mol. The maximum atomic E-state index is 12.8. The van der Waals surface area contributed by atoms with E-state index in [1.54, 1.807) is 6.07 Å². The Bertz CT molecular complexity index is 454. The number of likely N-dealkylation sites (tertiary alicyclic amines) is 1. The minimum atomic E-state index is 0.116. The molecule has 1 aliphatic rings. The summed E-state index contributed by atoms with van der Waals surface area (Å²) in [4.78, 5) is 14.8. The molecule has 2 rings (SSSR count). The molecule has 1 amide bonds. The number of nitrogen functional groups attached to an aromatic ring is 1. The summed E-state index contributed by atoms with van der Waals surface area (Å²) < 4.78 is 1.98. The largest absolute Gasteiger partial charge is 0.397 e. The summed E-state index contributed by atoms with van der Waals surface area (Å²) in [5.41, 5.74) is 7.24. The molecule has 4 heteroatoms. The molecule has 0 unspecified atom stereocenters. The zero-order valence-corrected chi connectivity index (χ0v) is 12.4. The van der Waals surface area contributed by atoms with Gasteiger partial charge < -0.3 is 15.2 Å². The van der Waals surface area contributed by atoms with E-state index in [0.29, 0.717) is 23.5 Å². The number of nitrogens with two attached hydrogens (primary N) is 1. The van der Waals surface area contributed by atoms with Crippen LogP contribution in [0.1, 0.15) is 63.5 Å². The minimum absolute atomic E-state index is 0.116. The number of piperidine rings is 1. The van der Waals surface area contributed by atoms with Gasteiger partial charge in [-0.15, -0.1) is 0 Å². The zero-order chi connectivity index (χ0) is 14.2. The molecule has 1 fully saturated rings. The topological polar surface area (TPSA) is 51.3 Å². The molecular formula is C15H25N3O. The molecular weight excluding hydrogens is 238 g/mol. The molecule has 106 valence electrons. The lowest BCUT2D eigenvalue weighted by Gasteiger charge is -2.39. The van der Waals surface area contributed by atoms with Gasteiger partial charge in [-0.3, -0.25) is 4.79 Å². The Morgan fingerprint density at radius 2 is 1.89 bits per heavy atom. The fourth-order valence-corrected chi connectivity index (χ4v) is 3.05. The van der Waals surface area contributed by atoms with Crippen molar-refractivity contribution in [1.29, 1.82) is 0 Å². The van der Waals surface area contributed by atoms with E-state index in [0.717, 1.165) is 12.8 Å². The van der Waals surface area contributed by atoms with Crippen LogP contribution >= 0.6 is 0 Å². The number of anilines is 1. The lowest BCUT2D eigenvalue weighted by molar-refractivity contribution is 0.0498. The highest BCUT2D eigenvalue weighted by atomic mass is 16.2. The van der Waals surface area contributed by atoms with Gasteiger partial charge in [0.15, 0.2) is 0 Å². The number of carbonyl (C=O) groups is 1. The first-order valence-corrected chi connectivity index (χ1v) is 7.21. The first-order valence-electron chi connectivity index (χ1n) is 7.21. The molecule has 1 aliphatic heterocycles. The van der Waals surface area contributed by atoms with Crippen molar-refractivity contribution in [1.82, 2.24) is 9.47 Å². The average Bonchev–Trinajstić information content (AvgIpc) is 2.71. The molecule has 0 spiro atoms. The van der Waals surface area contributed by atoms with E-state index < -0.39 is 0 Å². The first kappa shape index (κ1) is 14.0. The summed E-state index contributed by atoms with van der Waals surface area (Å²) in [5.74, 6) is 0.116. The van der Waals surface area contributed by atoms with Crippen molar-refractivity contribution in [3.63, 3.8) is 0 Å². The molecule has 4 nitrogen and oxygen atoms in total. The van der Waals surface area contributed by atoms with E-state index >= 15 is 0 Å². The van der Waals surface area contributed by atoms with Crippen molar-refractivity contribution in [3.8, 4) is 0 Å². The first-order chi connectivity index (χ1) is 8.91. The fraction of sp³-hybridized carbons (Fsp3) is 0.667. The van der Waals surface area contributed by atoms with Crippen molar-refractivity contribution in [2.45, 2.75) is 65.1 Å². The van der Waals surface area contributed by atoms with Crippen LogP contribution in [0.3, 0.4) is 0 Å². The molecule has 0 bridgehead atoms. The van der Waals surface area contributed by atoms with Crippen LogP contribution in [0, 0.1) is 0 Å². The smallest absolute Gasteiger partial charge is 0.271 e. The number of hydrogen-bond acceptors (Lipinski definition) is 2. The van der Waals surface area contributed by atoms with Gasteiger partial charge in [0, 0.05) is 24.3 Å². The highest BCUT2D eigenvalue weighted by molar-refractivity contribution is 5.94. The lowest BCUT2D eigenvalue weighted by atomic mass is 9.97. The van der Waals surface area contributed by atoms with Gasteiger partial charge in [-0.05, 0) is 53.0 Å². The number of nitrogens with zero attached hydrogens (tertiary/aromatic N) is 2. The highest BCUT2D eigenvalue weighted by Gasteiger charge is 2.31. The van der Waals surface area contributed by atoms with E-state index in [1.807, 2.05) is 15.7 Å². The summed E-state index contributed by atoms with van der Waals surface area (Å²) in [6.45, 7) is 8.41. The average molecular weight is 263 g/mol. The van der Waals surface area contributed by atoms with Crippen LogP contribution in [-0.4, -0.2) is 27.5 Å². The van der Waals surface area contributed by atoms with E-state index in [4.69, 9.17) is 5.73 Å². The van der Waals surface area contributed by atoms with Gasteiger partial charge in [0.05, 0.1) is 5.69 Å². The second-order valence-corrected chi connectivity index (χ2v) is 6.00. The maximum Gasteiger partial charge on any atom is 0.271 e. The summed E-state index contributed by atoms with van der Waals surface area (Å²) in [6, 6.07) is 2.67.